The first-order valence-corrected chi connectivity index (χ1v) is 10.3. The molecule has 6 heteroatoms. The molecule has 2 rings (SSSR count). The van der Waals surface area contributed by atoms with Crippen LogP contribution < -0.4 is 4.74 Å². The first-order valence-electron chi connectivity index (χ1n) is 7.10. The Morgan fingerprint density at radius 2 is 1.38 bits per heavy atom. The van der Waals surface area contributed by atoms with Crippen LogP contribution in [-0.2, 0) is 5.41 Å². The zero-order valence-corrected chi connectivity index (χ0v) is 19.5. The number of aromatic hydroxyl groups is 1. The molecule has 2 nitrogen and oxygen atoms in total. The lowest BCUT2D eigenvalue weighted by atomic mass is 9.78. The lowest BCUT2D eigenvalue weighted by molar-refractivity contribution is 0.358. The SMILES string of the molecule is C=CCOc1c(Br)cc(C(C)(C)c2cc(Br)c(O)c(Br)c2)cc1Br. The van der Waals surface area contributed by atoms with Gasteiger partial charge < -0.3 is 9.84 Å². The summed E-state index contributed by atoms with van der Waals surface area (Å²) in [6, 6.07) is 7.98. The molecule has 0 aliphatic carbocycles. The van der Waals surface area contributed by atoms with Crippen molar-refractivity contribution in [1.82, 2.24) is 0 Å². The number of benzene rings is 2. The van der Waals surface area contributed by atoms with E-state index in [2.05, 4.69) is 96.3 Å². The summed E-state index contributed by atoms with van der Waals surface area (Å²) in [6.45, 7) is 8.38. The van der Waals surface area contributed by atoms with Crippen molar-refractivity contribution in [1.29, 1.82) is 0 Å². The topological polar surface area (TPSA) is 29.5 Å². The molecule has 24 heavy (non-hydrogen) atoms. The van der Waals surface area contributed by atoms with E-state index in [0.29, 0.717) is 15.6 Å². The minimum absolute atomic E-state index is 0.199. The van der Waals surface area contributed by atoms with Crippen molar-refractivity contribution in [2.24, 2.45) is 0 Å². The Hall–Kier alpha value is -0.300. The van der Waals surface area contributed by atoms with E-state index < -0.39 is 0 Å². The maximum Gasteiger partial charge on any atom is 0.148 e. The van der Waals surface area contributed by atoms with Gasteiger partial charge in [0.2, 0.25) is 0 Å². The van der Waals surface area contributed by atoms with Gasteiger partial charge in [0, 0.05) is 5.41 Å². The van der Waals surface area contributed by atoms with Gasteiger partial charge in [-0.1, -0.05) is 26.5 Å². The van der Waals surface area contributed by atoms with Crippen molar-refractivity contribution in [3.63, 3.8) is 0 Å². The normalized spacial score (nSPS) is 11.4. The van der Waals surface area contributed by atoms with E-state index in [0.717, 1.165) is 25.8 Å². The van der Waals surface area contributed by atoms with Gasteiger partial charge in [0.1, 0.15) is 18.1 Å². The number of rotatable bonds is 5. The van der Waals surface area contributed by atoms with Crippen molar-refractivity contribution < 1.29 is 9.84 Å². The van der Waals surface area contributed by atoms with E-state index in [9.17, 15) is 5.11 Å². The number of hydrogen-bond acceptors (Lipinski definition) is 2. The molecule has 1 N–H and O–H groups in total. The minimum Gasteiger partial charge on any atom is -0.506 e. The van der Waals surface area contributed by atoms with Crippen LogP contribution in [0.5, 0.6) is 11.5 Å². The van der Waals surface area contributed by atoms with Gasteiger partial charge in [-0.25, -0.2) is 0 Å². The molecule has 0 unspecified atom stereocenters. The molecule has 0 atom stereocenters. The number of hydrogen-bond donors (Lipinski definition) is 1. The second-order valence-corrected chi connectivity index (χ2v) is 9.20. The molecular weight excluding hydrogens is 568 g/mol. The molecule has 0 spiro atoms. The van der Waals surface area contributed by atoms with Crippen LogP contribution in [0.3, 0.4) is 0 Å². The third-order valence-corrected chi connectivity index (χ3v) is 6.19. The van der Waals surface area contributed by atoms with Crippen LogP contribution >= 0.6 is 63.7 Å². The average molecular weight is 584 g/mol. The summed E-state index contributed by atoms with van der Waals surface area (Å²) < 4.78 is 8.74. The Balaban J connectivity index is 2.52. The lowest BCUT2D eigenvalue weighted by Crippen LogP contribution is -2.19. The molecule has 0 bridgehead atoms. The largest absolute Gasteiger partial charge is 0.506 e. The molecule has 0 radical (unpaired) electrons. The summed E-state index contributed by atoms with van der Waals surface area (Å²) in [4.78, 5) is 0. The summed E-state index contributed by atoms with van der Waals surface area (Å²) in [5, 5.41) is 9.94. The Morgan fingerprint density at radius 3 is 1.79 bits per heavy atom. The highest BCUT2D eigenvalue weighted by atomic mass is 79.9. The Labute approximate surface area is 175 Å². The highest BCUT2D eigenvalue weighted by Crippen LogP contribution is 2.43. The third-order valence-electron chi connectivity index (χ3n) is 3.80. The molecule has 128 valence electrons. The number of ether oxygens (including phenoxy) is 1. The third kappa shape index (κ3) is 4.09. The van der Waals surface area contributed by atoms with Crippen molar-refractivity contribution in [2.45, 2.75) is 19.3 Å². The smallest absolute Gasteiger partial charge is 0.148 e. The summed E-state index contributed by atoms with van der Waals surface area (Å²) in [5.74, 6) is 0.951. The molecule has 0 aliphatic rings. The second-order valence-electron chi connectivity index (χ2n) is 5.78. The Bertz CT molecular complexity index is 739. The molecule has 2 aromatic carbocycles. The van der Waals surface area contributed by atoms with Crippen molar-refractivity contribution >= 4 is 63.7 Å². The summed E-state index contributed by atoms with van der Waals surface area (Å²) in [5.41, 5.74) is 1.90. The van der Waals surface area contributed by atoms with Gasteiger partial charge in [0.15, 0.2) is 0 Å². The van der Waals surface area contributed by atoms with E-state index in [1.54, 1.807) is 6.08 Å². The van der Waals surface area contributed by atoms with Gasteiger partial charge >= 0.3 is 0 Å². The first kappa shape index (κ1) is 20.0. The van der Waals surface area contributed by atoms with E-state index in [1.807, 2.05) is 12.1 Å². The van der Waals surface area contributed by atoms with Crippen LogP contribution in [0, 0.1) is 0 Å². The fourth-order valence-electron chi connectivity index (χ4n) is 2.29. The molecule has 0 aliphatic heterocycles. The van der Waals surface area contributed by atoms with E-state index in [-0.39, 0.29) is 11.2 Å². The van der Waals surface area contributed by atoms with E-state index >= 15 is 0 Å². The maximum absolute atomic E-state index is 9.94. The predicted molar refractivity (Wildman–Crippen MR) is 113 cm³/mol. The van der Waals surface area contributed by atoms with Gasteiger partial charge in [-0.2, -0.15) is 0 Å². The molecule has 0 heterocycles. The van der Waals surface area contributed by atoms with Crippen molar-refractivity contribution in [2.75, 3.05) is 6.61 Å². The monoisotopic (exact) mass is 580 g/mol. The average Bonchev–Trinajstić information content (AvgIpc) is 2.51. The molecule has 0 fully saturated rings. The molecule has 0 saturated heterocycles. The van der Waals surface area contributed by atoms with Crippen molar-refractivity contribution in [3.05, 3.63) is 65.9 Å². The van der Waals surface area contributed by atoms with Gasteiger partial charge in [-0.15, -0.1) is 0 Å². The maximum atomic E-state index is 9.94. The quantitative estimate of drug-likeness (QED) is 0.374. The fraction of sp³-hybridized carbons (Fsp3) is 0.222. The van der Waals surface area contributed by atoms with Crippen LogP contribution in [0.1, 0.15) is 25.0 Å². The number of halogens is 4. The van der Waals surface area contributed by atoms with Crippen LogP contribution in [0.4, 0.5) is 0 Å². The first-order chi connectivity index (χ1) is 11.2. The van der Waals surface area contributed by atoms with Gasteiger partial charge in [-0.3, -0.25) is 0 Å². The zero-order chi connectivity index (χ0) is 18.1. The van der Waals surface area contributed by atoms with Gasteiger partial charge in [0.25, 0.3) is 0 Å². The molecule has 2 aromatic rings. The highest BCUT2D eigenvalue weighted by molar-refractivity contribution is 9.11. The molecular formula is C18H16Br4O2. The second kappa shape index (κ2) is 7.94. The zero-order valence-electron chi connectivity index (χ0n) is 13.2. The molecule has 0 amide bonds. The summed E-state index contributed by atoms with van der Waals surface area (Å²) in [7, 11) is 0. The van der Waals surface area contributed by atoms with E-state index in [4.69, 9.17) is 4.74 Å². The predicted octanol–water partition coefficient (Wildman–Crippen LogP) is 7.33. The Morgan fingerprint density at radius 1 is 0.958 bits per heavy atom. The molecule has 0 saturated carbocycles. The number of phenols is 1. The van der Waals surface area contributed by atoms with Gasteiger partial charge in [-0.05, 0) is 99.1 Å². The van der Waals surface area contributed by atoms with Gasteiger partial charge in [0.05, 0.1) is 17.9 Å². The summed E-state index contributed by atoms with van der Waals surface area (Å²) in [6.07, 6.45) is 1.71. The summed E-state index contributed by atoms with van der Waals surface area (Å²) >= 11 is 14.0. The number of phenolic OH excluding ortho intramolecular Hbond substituents is 1. The minimum atomic E-state index is -0.277. The highest BCUT2D eigenvalue weighted by Gasteiger charge is 2.27. The standard InChI is InChI=1S/C18H16Br4O2/c1-4-5-24-17-14(21)8-11(9-15(17)22)18(2,3)10-6-12(19)16(23)13(20)7-10/h4,6-9,23H,1,5H2,2-3H3. The van der Waals surface area contributed by atoms with E-state index in [1.165, 1.54) is 0 Å². The fourth-order valence-corrected chi connectivity index (χ4v) is 4.90. The molecule has 0 aromatic heterocycles. The van der Waals surface area contributed by atoms with Crippen LogP contribution in [0.2, 0.25) is 0 Å². The van der Waals surface area contributed by atoms with Crippen LogP contribution in [-0.4, -0.2) is 11.7 Å². The Kier molecular flexibility index (Phi) is 6.62. The van der Waals surface area contributed by atoms with Crippen LogP contribution in [0.25, 0.3) is 0 Å². The van der Waals surface area contributed by atoms with Crippen molar-refractivity contribution in [3.8, 4) is 11.5 Å². The lowest BCUT2D eigenvalue weighted by Gasteiger charge is -2.28. The van der Waals surface area contributed by atoms with Crippen LogP contribution in [0.15, 0.2) is 54.8 Å².